The lowest BCUT2D eigenvalue weighted by Gasteiger charge is -2.07. The molecule has 6 nitrogen and oxygen atoms in total. The fourth-order valence-corrected chi connectivity index (χ4v) is 3.61. The third-order valence-electron chi connectivity index (χ3n) is 4.84. The number of amides is 1. The average molecular weight is 463 g/mol. The maximum Gasteiger partial charge on any atom is 0.296 e. The number of nitrogens with zero attached hydrogens (tertiary/aromatic N) is 4. The molecule has 0 unspecified atom stereocenters. The van der Waals surface area contributed by atoms with Crippen molar-refractivity contribution in [2.75, 3.05) is 0 Å². The summed E-state index contributed by atoms with van der Waals surface area (Å²) >= 11 is 3.46. The molecule has 1 N–H and O–H groups in total. The third kappa shape index (κ3) is 4.16. The molecule has 0 saturated carbocycles. The Labute approximate surface area is 182 Å². The quantitative estimate of drug-likeness (QED) is 0.370. The number of aromatic nitrogens is 2. The molecule has 7 heteroatoms. The number of aromatic hydroxyl groups is 1. The van der Waals surface area contributed by atoms with Crippen molar-refractivity contribution in [2.45, 2.75) is 19.9 Å². The van der Waals surface area contributed by atoms with Gasteiger partial charge < -0.3 is 9.67 Å². The number of carbonyl (C=O) groups is 1. The van der Waals surface area contributed by atoms with Gasteiger partial charge in [-0.1, -0.05) is 46.3 Å². The Kier molecular flexibility index (Phi) is 5.72. The van der Waals surface area contributed by atoms with Crippen LogP contribution >= 0.6 is 15.9 Å². The van der Waals surface area contributed by atoms with E-state index in [9.17, 15) is 9.90 Å². The highest BCUT2D eigenvalue weighted by Crippen LogP contribution is 2.40. The van der Waals surface area contributed by atoms with E-state index in [-0.39, 0.29) is 11.6 Å². The summed E-state index contributed by atoms with van der Waals surface area (Å²) in [5.41, 5.74) is 3.42. The minimum absolute atomic E-state index is 0.0161. The molecular formula is C23H19BrN4O2. The predicted molar refractivity (Wildman–Crippen MR) is 119 cm³/mol. The number of hydrogen-bond donors (Lipinski definition) is 1. The molecule has 0 aliphatic heterocycles. The molecule has 0 atom stereocenters. The molecule has 1 amide bonds. The van der Waals surface area contributed by atoms with Crippen LogP contribution in [-0.2, 0) is 13.0 Å². The first-order chi connectivity index (χ1) is 14.5. The highest BCUT2D eigenvalue weighted by Gasteiger charge is 2.17. The molecule has 0 aliphatic rings. The number of aryl methyl sites for hydroxylation is 3. The van der Waals surface area contributed by atoms with Crippen LogP contribution < -0.4 is 0 Å². The first kappa shape index (κ1) is 20.0. The van der Waals surface area contributed by atoms with Gasteiger partial charge in [0.1, 0.15) is 0 Å². The summed E-state index contributed by atoms with van der Waals surface area (Å²) in [4.78, 5) is 16.5. The maximum atomic E-state index is 12.4. The molecule has 4 aromatic rings. The number of azo groups is 1. The van der Waals surface area contributed by atoms with Gasteiger partial charge in [0.05, 0.1) is 11.1 Å². The third-order valence-corrected chi connectivity index (χ3v) is 5.33. The van der Waals surface area contributed by atoms with Gasteiger partial charge in [0.15, 0.2) is 5.69 Å². The summed E-state index contributed by atoms with van der Waals surface area (Å²) in [7, 11) is 0. The van der Waals surface area contributed by atoms with Gasteiger partial charge in [0.2, 0.25) is 5.88 Å². The van der Waals surface area contributed by atoms with Gasteiger partial charge in [-0.25, -0.2) is 0 Å². The Hall–Kier alpha value is -3.32. The maximum absolute atomic E-state index is 12.4. The van der Waals surface area contributed by atoms with Crippen molar-refractivity contribution in [3.63, 3.8) is 0 Å². The summed E-state index contributed by atoms with van der Waals surface area (Å²) in [5, 5.41) is 19.5. The predicted octanol–water partition coefficient (Wildman–Crippen LogP) is 5.98. The van der Waals surface area contributed by atoms with E-state index >= 15 is 0 Å². The largest absolute Gasteiger partial charge is 0.493 e. The Bertz CT molecular complexity index is 1230. The number of benzene rings is 2. The van der Waals surface area contributed by atoms with Crippen molar-refractivity contribution in [3.05, 3.63) is 88.2 Å². The summed E-state index contributed by atoms with van der Waals surface area (Å²) in [6, 6.07) is 19.1. The topological polar surface area (TPSA) is 79.8 Å². The Morgan fingerprint density at radius 3 is 2.67 bits per heavy atom. The number of carbonyl (C=O) groups excluding carboxylic acids is 1. The lowest BCUT2D eigenvalue weighted by Crippen LogP contribution is -2.00. The summed E-state index contributed by atoms with van der Waals surface area (Å²) in [5.74, 6) is -0.528. The van der Waals surface area contributed by atoms with Gasteiger partial charge in [0.25, 0.3) is 5.91 Å². The second kappa shape index (κ2) is 8.59. The number of halogens is 1. The minimum Gasteiger partial charge on any atom is -0.493 e. The van der Waals surface area contributed by atoms with Gasteiger partial charge in [-0.15, -0.1) is 10.2 Å². The van der Waals surface area contributed by atoms with E-state index in [1.807, 2.05) is 55.5 Å². The molecule has 0 spiro atoms. The van der Waals surface area contributed by atoms with Gasteiger partial charge in [0, 0.05) is 28.3 Å². The van der Waals surface area contributed by atoms with Crippen LogP contribution in [0.1, 0.15) is 21.6 Å². The number of pyridine rings is 1. The number of fused-ring (bicyclic) bond motifs is 1. The molecule has 2 aromatic carbocycles. The highest BCUT2D eigenvalue weighted by molar-refractivity contribution is 9.10. The van der Waals surface area contributed by atoms with Crippen LogP contribution in [-0.4, -0.2) is 20.6 Å². The molecule has 0 radical (unpaired) electrons. The Morgan fingerprint density at radius 1 is 1.13 bits per heavy atom. The fourth-order valence-electron chi connectivity index (χ4n) is 3.25. The summed E-state index contributed by atoms with van der Waals surface area (Å²) in [6.07, 6.45) is 2.22. The van der Waals surface area contributed by atoms with Crippen molar-refractivity contribution in [2.24, 2.45) is 10.2 Å². The smallest absolute Gasteiger partial charge is 0.296 e. The zero-order chi connectivity index (χ0) is 21.1. The second-order valence-electron chi connectivity index (χ2n) is 6.91. The molecule has 0 fully saturated rings. The SMILES string of the molecule is Cc1ccc(C(=O)N=Nc2c(O)n(CCc3ccccc3)c3ccc(Br)cc23)cn1. The highest BCUT2D eigenvalue weighted by atomic mass is 79.9. The van der Waals surface area contributed by atoms with Crippen molar-refractivity contribution in [1.29, 1.82) is 0 Å². The molecule has 150 valence electrons. The zero-order valence-electron chi connectivity index (χ0n) is 16.3. The average Bonchev–Trinajstić information content (AvgIpc) is 3.01. The molecule has 2 heterocycles. The van der Waals surface area contributed by atoms with Crippen molar-refractivity contribution < 1.29 is 9.90 Å². The van der Waals surface area contributed by atoms with Gasteiger partial charge in [-0.2, -0.15) is 0 Å². The molecule has 4 rings (SSSR count). The zero-order valence-corrected chi connectivity index (χ0v) is 17.9. The van der Waals surface area contributed by atoms with Crippen molar-refractivity contribution >= 4 is 38.4 Å². The first-order valence-electron chi connectivity index (χ1n) is 9.46. The Balaban J connectivity index is 1.68. The van der Waals surface area contributed by atoms with Gasteiger partial charge in [-0.3, -0.25) is 9.78 Å². The van der Waals surface area contributed by atoms with E-state index in [4.69, 9.17) is 0 Å². The fraction of sp³-hybridized carbons (Fsp3) is 0.130. The second-order valence-corrected chi connectivity index (χ2v) is 7.83. The van der Waals surface area contributed by atoms with Crippen molar-refractivity contribution in [3.8, 4) is 5.88 Å². The van der Waals surface area contributed by atoms with Gasteiger partial charge >= 0.3 is 0 Å². The van der Waals surface area contributed by atoms with Crippen LogP contribution in [0.25, 0.3) is 10.9 Å². The molecule has 2 aromatic heterocycles. The molecular weight excluding hydrogens is 444 g/mol. The van der Waals surface area contributed by atoms with E-state index in [0.29, 0.717) is 17.5 Å². The van der Waals surface area contributed by atoms with E-state index in [1.165, 1.54) is 11.8 Å². The number of hydrogen-bond acceptors (Lipinski definition) is 4. The van der Waals surface area contributed by atoms with Crippen LogP contribution in [0.5, 0.6) is 5.88 Å². The lowest BCUT2D eigenvalue weighted by molar-refractivity contribution is 0.0994. The number of rotatable bonds is 5. The normalized spacial score (nSPS) is 11.4. The standard InChI is InChI=1S/C23H19BrN4O2/c1-15-7-8-17(14-25-15)22(29)27-26-21-19-13-18(24)9-10-20(19)28(23(21)30)12-11-16-5-3-2-4-6-16/h2-10,13-14,30H,11-12H2,1H3. The molecule has 30 heavy (non-hydrogen) atoms. The van der Waals surface area contributed by atoms with Crippen LogP contribution in [0.3, 0.4) is 0 Å². The Morgan fingerprint density at radius 2 is 1.93 bits per heavy atom. The molecule has 0 saturated heterocycles. The minimum atomic E-state index is -0.512. The van der Waals surface area contributed by atoms with Crippen LogP contribution in [0, 0.1) is 6.92 Å². The summed E-state index contributed by atoms with van der Waals surface area (Å²) in [6.45, 7) is 2.41. The van der Waals surface area contributed by atoms with Crippen LogP contribution in [0.15, 0.2) is 81.6 Å². The van der Waals surface area contributed by atoms with E-state index in [0.717, 1.165) is 22.1 Å². The van der Waals surface area contributed by atoms with Crippen LogP contribution in [0.2, 0.25) is 0 Å². The van der Waals surface area contributed by atoms with Gasteiger partial charge in [-0.05, 0) is 49.2 Å². The monoisotopic (exact) mass is 462 g/mol. The van der Waals surface area contributed by atoms with E-state index in [2.05, 4.69) is 31.1 Å². The molecule has 0 aliphatic carbocycles. The lowest BCUT2D eigenvalue weighted by atomic mass is 10.1. The van der Waals surface area contributed by atoms with E-state index in [1.54, 1.807) is 16.7 Å². The molecule has 0 bridgehead atoms. The van der Waals surface area contributed by atoms with E-state index < -0.39 is 5.91 Å². The summed E-state index contributed by atoms with van der Waals surface area (Å²) < 4.78 is 2.64. The van der Waals surface area contributed by atoms with Crippen molar-refractivity contribution in [1.82, 2.24) is 9.55 Å². The van der Waals surface area contributed by atoms with Crippen LogP contribution in [0.4, 0.5) is 5.69 Å². The first-order valence-corrected chi connectivity index (χ1v) is 10.3.